The summed E-state index contributed by atoms with van der Waals surface area (Å²) in [6.45, 7) is 1.99. The standard InChI is InChI=1S/C20H17N3O5S2/c1-3-29-20-22-21-19(30-20)23-15(11-6-4-7-12(10-11)27-2)14(17(25)18(23)26)16(24)13-8-5-9-28-13/h4-10,15,25H,3H2,1-2H3/t15-/m0/s1. The number of aliphatic hydroxyl groups excluding tert-OH is 1. The quantitative estimate of drug-likeness (QED) is 0.331. The van der Waals surface area contributed by atoms with Crippen LogP contribution >= 0.6 is 23.1 Å². The summed E-state index contributed by atoms with van der Waals surface area (Å²) < 4.78 is 11.2. The molecule has 0 unspecified atom stereocenters. The predicted molar refractivity (Wildman–Crippen MR) is 112 cm³/mol. The number of furan rings is 1. The number of hydrogen-bond acceptors (Lipinski definition) is 9. The van der Waals surface area contributed by atoms with Gasteiger partial charge < -0.3 is 14.3 Å². The van der Waals surface area contributed by atoms with Crippen molar-refractivity contribution in [2.45, 2.75) is 17.3 Å². The van der Waals surface area contributed by atoms with Gasteiger partial charge in [0.1, 0.15) is 5.75 Å². The lowest BCUT2D eigenvalue weighted by Gasteiger charge is -2.24. The van der Waals surface area contributed by atoms with Gasteiger partial charge in [0.25, 0.3) is 5.91 Å². The van der Waals surface area contributed by atoms with Crippen LogP contribution in [0.3, 0.4) is 0 Å². The third kappa shape index (κ3) is 3.48. The van der Waals surface area contributed by atoms with E-state index in [0.29, 0.717) is 15.7 Å². The molecular weight excluding hydrogens is 426 g/mol. The van der Waals surface area contributed by atoms with Gasteiger partial charge in [-0.3, -0.25) is 14.5 Å². The van der Waals surface area contributed by atoms with Gasteiger partial charge in [-0.05, 0) is 35.6 Å². The molecule has 1 aliphatic heterocycles. The Morgan fingerprint density at radius 1 is 1.33 bits per heavy atom. The third-order valence-corrected chi connectivity index (χ3v) is 6.41. The topological polar surface area (TPSA) is 106 Å². The number of hydrogen-bond donors (Lipinski definition) is 1. The molecule has 4 rings (SSSR count). The predicted octanol–water partition coefficient (Wildman–Crippen LogP) is 4.03. The highest BCUT2D eigenvalue weighted by atomic mass is 32.2. The van der Waals surface area contributed by atoms with Gasteiger partial charge >= 0.3 is 0 Å². The molecule has 0 saturated carbocycles. The van der Waals surface area contributed by atoms with Crippen LogP contribution in [0.25, 0.3) is 0 Å². The second-order valence-electron chi connectivity index (χ2n) is 6.21. The zero-order valence-corrected chi connectivity index (χ0v) is 17.7. The Labute approximate surface area is 180 Å². The normalized spacial score (nSPS) is 16.4. The minimum Gasteiger partial charge on any atom is -0.503 e. The molecule has 154 valence electrons. The maximum atomic E-state index is 13.1. The van der Waals surface area contributed by atoms with Crippen molar-refractivity contribution in [3.05, 3.63) is 65.3 Å². The number of ketones is 1. The molecule has 0 bridgehead atoms. The van der Waals surface area contributed by atoms with Gasteiger partial charge in [-0.2, -0.15) is 0 Å². The Morgan fingerprint density at radius 3 is 2.87 bits per heavy atom. The number of ether oxygens (including phenoxy) is 1. The molecule has 1 aromatic carbocycles. The summed E-state index contributed by atoms with van der Waals surface area (Å²) in [5, 5.41) is 19.2. The number of Topliss-reactive ketones (excluding diaryl/α,β-unsaturated/α-hetero) is 1. The van der Waals surface area contributed by atoms with E-state index in [9.17, 15) is 14.7 Å². The summed E-state index contributed by atoms with van der Waals surface area (Å²) in [5.74, 6) is -0.554. The molecule has 0 aliphatic carbocycles. The Bertz CT molecular complexity index is 1120. The number of carbonyl (C=O) groups excluding carboxylic acids is 2. The number of aliphatic hydroxyl groups is 1. The van der Waals surface area contributed by atoms with E-state index in [1.165, 1.54) is 47.4 Å². The van der Waals surface area contributed by atoms with E-state index >= 15 is 0 Å². The van der Waals surface area contributed by atoms with Crippen molar-refractivity contribution in [1.29, 1.82) is 0 Å². The molecule has 2 aromatic heterocycles. The molecule has 1 amide bonds. The van der Waals surface area contributed by atoms with Crippen LogP contribution in [0, 0.1) is 0 Å². The Kier molecular flexibility index (Phi) is 5.60. The molecule has 0 spiro atoms. The van der Waals surface area contributed by atoms with Crippen LogP contribution in [0.4, 0.5) is 5.13 Å². The van der Waals surface area contributed by atoms with E-state index in [4.69, 9.17) is 9.15 Å². The van der Waals surface area contributed by atoms with Crippen molar-refractivity contribution in [2.75, 3.05) is 17.8 Å². The molecule has 0 fully saturated rings. The summed E-state index contributed by atoms with van der Waals surface area (Å²) in [6.07, 6.45) is 1.36. The van der Waals surface area contributed by atoms with Crippen LogP contribution in [-0.2, 0) is 4.79 Å². The van der Waals surface area contributed by atoms with E-state index in [2.05, 4.69) is 10.2 Å². The van der Waals surface area contributed by atoms with Crippen molar-refractivity contribution in [3.8, 4) is 5.75 Å². The summed E-state index contributed by atoms with van der Waals surface area (Å²) in [6, 6.07) is 9.12. The molecule has 0 saturated heterocycles. The number of amides is 1. The number of thioether (sulfide) groups is 1. The molecule has 3 aromatic rings. The molecular formula is C20H17N3O5S2. The number of nitrogens with zero attached hydrogens (tertiary/aromatic N) is 3. The van der Waals surface area contributed by atoms with Crippen molar-refractivity contribution in [2.24, 2.45) is 0 Å². The van der Waals surface area contributed by atoms with Gasteiger partial charge in [0, 0.05) is 0 Å². The van der Waals surface area contributed by atoms with E-state index in [0.717, 1.165) is 5.75 Å². The van der Waals surface area contributed by atoms with Gasteiger partial charge in [0.05, 0.1) is 25.0 Å². The first kappa shape index (κ1) is 20.2. The summed E-state index contributed by atoms with van der Waals surface area (Å²) >= 11 is 2.72. The first-order valence-electron chi connectivity index (χ1n) is 9.00. The number of aromatic nitrogens is 2. The highest BCUT2D eigenvalue weighted by Crippen LogP contribution is 2.44. The third-order valence-electron chi connectivity index (χ3n) is 4.48. The molecule has 8 nitrogen and oxygen atoms in total. The number of carbonyl (C=O) groups is 2. The monoisotopic (exact) mass is 443 g/mol. The number of rotatable bonds is 7. The van der Waals surface area contributed by atoms with Crippen molar-refractivity contribution < 1.29 is 23.8 Å². The maximum Gasteiger partial charge on any atom is 0.296 e. The van der Waals surface area contributed by atoms with Crippen LogP contribution in [-0.4, -0.2) is 39.9 Å². The van der Waals surface area contributed by atoms with E-state index in [1.54, 1.807) is 30.3 Å². The summed E-state index contributed by atoms with van der Waals surface area (Å²) in [5.41, 5.74) is 0.504. The first-order valence-corrected chi connectivity index (χ1v) is 10.8. The van der Waals surface area contributed by atoms with E-state index in [-0.39, 0.29) is 16.5 Å². The Hall–Kier alpha value is -3.11. The second kappa shape index (κ2) is 8.33. The SMILES string of the molecule is CCSc1nnc(N2C(=O)C(O)=C(C(=O)c3ccco3)[C@@H]2c2cccc(OC)c2)s1. The fraction of sp³-hybridized carbons (Fsp3) is 0.200. The van der Waals surface area contributed by atoms with E-state index < -0.39 is 23.5 Å². The zero-order valence-electron chi connectivity index (χ0n) is 16.1. The highest BCUT2D eigenvalue weighted by molar-refractivity contribution is 8.01. The number of benzene rings is 1. The lowest BCUT2D eigenvalue weighted by molar-refractivity contribution is -0.117. The maximum absolute atomic E-state index is 13.1. The highest BCUT2D eigenvalue weighted by Gasteiger charge is 2.46. The van der Waals surface area contributed by atoms with Gasteiger partial charge in [-0.15, -0.1) is 10.2 Å². The fourth-order valence-electron chi connectivity index (χ4n) is 3.18. The minimum atomic E-state index is -0.905. The van der Waals surface area contributed by atoms with Crippen LogP contribution < -0.4 is 9.64 Å². The molecule has 1 aliphatic rings. The van der Waals surface area contributed by atoms with E-state index in [1.807, 2.05) is 6.92 Å². The van der Waals surface area contributed by atoms with Crippen molar-refractivity contribution in [3.63, 3.8) is 0 Å². The molecule has 10 heteroatoms. The van der Waals surface area contributed by atoms with Gasteiger partial charge in [0.2, 0.25) is 10.9 Å². The van der Waals surface area contributed by atoms with Crippen LogP contribution in [0.2, 0.25) is 0 Å². The van der Waals surface area contributed by atoms with Crippen LogP contribution in [0.15, 0.2) is 62.8 Å². The second-order valence-corrected chi connectivity index (χ2v) is 8.67. The van der Waals surface area contributed by atoms with Gasteiger partial charge in [-0.25, -0.2) is 0 Å². The molecule has 1 N–H and O–H groups in total. The summed E-state index contributed by atoms with van der Waals surface area (Å²) in [4.78, 5) is 27.4. The Morgan fingerprint density at radius 2 is 2.17 bits per heavy atom. The zero-order chi connectivity index (χ0) is 21.3. The number of methoxy groups -OCH3 is 1. The average Bonchev–Trinajstić information content (AvgIpc) is 3.49. The first-order chi connectivity index (χ1) is 14.5. The van der Waals surface area contributed by atoms with Crippen molar-refractivity contribution in [1.82, 2.24) is 10.2 Å². The minimum absolute atomic E-state index is 0.0265. The molecule has 3 heterocycles. The average molecular weight is 444 g/mol. The molecule has 0 radical (unpaired) electrons. The lowest BCUT2D eigenvalue weighted by Crippen LogP contribution is -2.31. The number of anilines is 1. The van der Waals surface area contributed by atoms with Gasteiger partial charge in [0.15, 0.2) is 15.9 Å². The van der Waals surface area contributed by atoms with Crippen LogP contribution in [0.5, 0.6) is 5.75 Å². The molecule has 1 atom stereocenters. The lowest BCUT2D eigenvalue weighted by atomic mass is 9.95. The smallest absolute Gasteiger partial charge is 0.296 e. The summed E-state index contributed by atoms with van der Waals surface area (Å²) in [7, 11) is 1.53. The Balaban J connectivity index is 1.85. The largest absolute Gasteiger partial charge is 0.503 e. The molecule has 30 heavy (non-hydrogen) atoms. The van der Waals surface area contributed by atoms with Crippen LogP contribution in [0.1, 0.15) is 29.1 Å². The van der Waals surface area contributed by atoms with Gasteiger partial charge in [-0.1, -0.05) is 42.2 Å². The fourth-order valence-corrected chi connectivity index (χ4v) is 4.95. The van der Waals surface area contributed by atoms with Crippen molar-refractivity contribution >= 4 is 39.9 Å².